The number of hydrogen-bond donors (Lipinski definition) is 2. The van der Waals surface area contributed by atoms with Crippen molar-refractivity contribution in [3.63, 3.8) is 0 Å². The lowest BCUT2D eigenvalue weighted by molar-refractivity contribution is 0.295. The maximum atomic E-state index is 9.62. The van der Waals surface area contributed by atoms with Gasteiger partial charge in [0.1, 0.15) is 5.76 Å². The van der Waals surface area contributed by atoms with Crippen molar-refractivity contribution in [1.82, 2.24) is 10.6 Å². The molecule has 1 saturated carbocycles. The van der Waals surface area contributed by atoms with E-state index in [1.54, 1.807) is 7.11 Å². The highest BCUT2D eigenvalue weighted by atomic mass is 19.3. The fourth-order valence-corrected chi connectivity index (χ4v) is 3.08. The van der Waals surface area contributed by atoms with Gasteiger partial charge in [0.15, 0.2) is 0 Å². The summed E-state index contributed by atoms with van der Waals surface area (Å²) in [5, 5.41) is 7.05. The summed E-state index contributed by atoms with van der Waals surface area (Å²) in [6.07, 6.45) is 19.6. The van der Waals surface area contributed by atoms with E-state index in [0.717, 1.165) is 18.0 Å². The number of halogens is 2. The van der Waals surface area contributed by atoms with Crippen LogP contribution in [0, 0.1) is 5.92 Å². The summed E-state index contributed by atoms with van der Waals surface area (Å²) < 4.78 is 24.3. The molecule has 2 rings (SSSR count). The van der Waals surface area contributed by atoms with Crippen LogP contribution in [0.15, 0.2) is 60.1 Å². The summed E-state index contributed by atoms with van der Waals surface area (Å²) >= 11 is 0. The first-order valence-electron chi connectivity index (χ1n) is 10.2. The highest BCUT2D eigenvalue weighted by molar-refractivity contribution is 5.48. The molecule has 0 amide bonds. The van der Waals surface area contributed by atoms with Crippen molar-refractivity contribution >= 4 is 0 Å². The van der Waals surface area contributed by atoms with Gasteiger partial charge in [0.2, 0.25) is 6.93 Å². The van der Waals surface area contributed by atoms with Crippen LogP contribution in [-0.2, 0) is 4.74 Å². The number of ether oxygens (including phenoxy) is 1. The van der Waals surface area contributed by atoms with Gasteiger partial charge in [-0.2, -0.15) is 0 Å². The zero-order chi connectivity index (χ0) is 21.2. The van der Waals surface area contributed by atoms with Gasteiger partial charge < -0.3 is 10.1 Å². The number of nitrogens with one attached hydrogen (secondary N) is 2. The van der Waals surface area contributed by atoms with E-state index < -0.39 is 6.93 Å². The molecule has 1 unspecified atom stereocenters. The Balaban J connectivity index is 0.00000133. The van der Waals surface area contributed by atoms with Crippen LogP contribution < -0.4 is 10.6 Å². The van der Waals surface area contributed by atoms with E-state index in [2.05, 4.69) is 41.6 Å². The van der Waals surface area contributed by atoms with E-state index in [4.69, 9.17) is 4.74 Å². The molecule has 160 valence electrons. The van der Waals surface area contributed by atoms with Crippen LogP contribution in [0.4, 0.5) is 8.78 Å². The molecule has 1 heterocycles. The lowest BCUT2D eigenvalue weighted by Crippen LogP contribution is -2.42. The van der Waals surface area contributed by atoms with Crippen molar-refractivity contribution in [2.24, 2.45) is 5.92 Å². The monoisotopic (exact) mass is 396 g/mol. The Hall–Kier alpha value is -1.88. The van der Waals surface area contributed by atoms with Crippen molar-refractivity contribution in [2.45, 2.75) is 59.0 Å². The molecule has 0 aromatic carbocycles. The fraction of sp³-hybridized carbons (Fsp3) is 0.565. The maximum Gasteiger partial charge on any atom is 0.229 e. The zero-order valence-electron chi connectivity index (χ0n) is 17.9. The van der Waals surface area contributed by atoms with Gasteiger partial charge in [-0.1, -0.05) is 57.9 Å². The SMILES string of the molecule is C=C(/C=C\C(=C/C)C1=CNC(NCC2CCCCC2)C=C1)OC.CC.FCF. The number of alkyl halides is 2. The number of dihydropyridines is 1. The number of methoxy groups -OCH3 is 1. The third-order valence-electron chi connectivity index (χ3n) is 4.59. The molecule has 0 saturated heterocycles. The van der Waals surface area contributed by atoms with Gasteiger partial charge in [0, 0.05) is 12.7 Å². The molecule has 1 aliphatic heterocycles. The summed E-state index contributed by atoms with van der Waals surface area (Å²) in [6.45, 7) is 9.20. The summed E-state index contributed by atoms with van der Waals surface area (Å²) in [7, 11) is 1.63. The fourth-order valence-electron chi connectivity index (χ4n) is 3.08. The Morgan fingerprint density at radius 2 is 1.89 bits per heavy atom. The molecule has 0 spiro atoms. The Kier molecular flexibility index (Phi) is 16.1. The Labute approximate surface area is 170 Å². The highest BCUT2D eigenvalue weighted by Crippen LogP contribution is 2.23. The van der Waals surface area contributed by atoms with Crippen molar-refractivity contribution < 1.29 is 13.5 Å². The van der Waals surface area contributed by atoms with E-state index in [1.807, 2.05) is 32.9 Å². The minimum atomic E-state index is -1.75. The molecule has 0 aromatic heterocycles. The van der Waals surface area contributed by atoms with Gasteiger partial charge in [0.05, 0.1) is 13.3 Å². The Morgan fingerprint density at radius 1 is 1.25 bits per heavy atom. The van der Waals surface area contributed by atoms with Gasteiger partial charge in [-0.15, -0.1) is 0 Å². The third-order valence-corrected chi connectivity index (χ3v) is 4.59. The van der Waals surface area contributed by atoms with E-state index in [-0.39, 0.29) is 6.17 Å². The lowest BCUT2D eigenvalue weighted by Gasteiger charge is -2.26. The Morgan fingerprint density at radius 3 is 2.39 bits per heavy atom. The van der Waals surface area contributed by atoms with Gasteiger partial charge in [-0.05, 0) is 49.0 Å². The quantitative estimate of drug-likeness (QED) is 0.403. The van der Waals surface area contributed by atoms with Crippen LogP contribution in [0.25, 0.3) is 0 Å². The molecule has 2 aliphatic rings. The van der Waals surface area contributed by atoms with Gasteiger partial charge in [-0.3, -0.25) is 5.32 Å². The molecule has 1 aliphatic carbocycles. The van der Waals surface area contributed by atoms with E-state index in [9.17, 15) is 8.78 Å². The Bertz CT molecular complexity index is 533. The van der Waals surface area contributed by atoms with Gasteiger partial charge in [0.25, 0.3) is 0 Å². The molecule has 1 fully saturated rings. The van der Waals surface area contributed by atoms with E-state index >= 15 is 0 Å². The number of allylic oxidation sites excluding steroid dienone is 6. The van der Waals surface area contributed by atoms with Crippen molar-refractivity contribution in [3.05, 3.63) is 60.1 Å². The first-order valence-corrected chi connectivity index (χ1v) is 10.2. The molecule has 1 atom stereocenters. The second-order valence-corrected chi connectivity index (χ2v) is 6.36. The van der Waals surface area contributed by atoms with Gasteiger partial charge in [-0.25, -0.2) is 8.78 Å². The summed E-state index contributed by atoms with van der Waals surface area (Å²) in [5.41, 5.74) is 2.32. The molecule has 5 heteroatoms. The second kappa shape index (κ2) is 17.2. The molecule has 2 N–H and O–H groups in total. The van der Waals surface area contributed by atoms with Crippen molar-refractivity contribution in [2.75, 3.05) is 20.6 Å². The van der Waals surface area contributed by atoms with Crippen molar-refractivity contribution in [3.8, 4) is 0 Å². The molecule has 0 radical (unpaired) electrons. The first kappa shape index (κ1) is 26.1. The third kappa shape index (κ3) is 11.1. The second-order valence-electron chi connectivity index (χ2n) is 6.36. The predicted octanol–water partition coefficient (Wildman–Crippen LogP) is 6.10. The highest BCUT2D eigenvalue weighted by Gasteiger charge is 2.15. The molecule has 3 nitrogen and oxygen atoms in total. The van der Waals surface area contributed by atoms with E-state index in [1.165, 1.54) is 37.7 Å². The van der Waals surface area contributed by atoms with Crippen LogP contribution in [0.3, 0.4) is 0 Å². The molecule has 28 heavy (non-hydrogen) atoms. The summed E-state index contributed by atoms with van der Waals surface area (Å²) in [4.78, 5) is 0. The normalized spacial score (nSPS) is 19.6. The van der Waals surface area contributed by atoms with Crippen molar-refractivity contribution in [1.29, 1.82) is 0 Å². The minimum Gasteiger partial charge on any atom is -0.497 e. The smallest absolute Gasteiger partial charge is 0.229 e. The van der Waals surface area contributed by atoms with Gasteiger partial charge >= 0.3 is 0 Å². The maximum absolute atomic E-state index is 9.62. The van der Waals surface area contributed by atoms with Crippen LogP contribution in [0.2, 0.25) is 0 Å². The number of rotatable bonds is 7. The summed E-state index contributed by atoms with van der Waals surface area (Å²) in [5.74, 6) is 1.50. The van der Waals surface area contributed by atoms with Crippen LogP contribution in [-0.4, -0.2) is 26.7 Å². The largest absolute Gasteiger partial charge is 0.497 e. The standard InChI is InChI=1S/C20H30N2O.C2H6.CH2F2/c1-4-18(11-10-16(2)23-3)19-12-13-20(22-15-19)21-14-17-8-6-5-7-9-17;1-2;2-1-3/h4,10-13,15,17,20-22H,2,5-9,14H2,1,3H3;1-2H3;1H2/b11-10-,18-4+;;. The van der Waals surface area contributed by atoms with Crippen LogP contribution >= 0.6 is 0 Å². The molecule has 0 bridgehead atoms. The predicted molar refractivity (Wildman–Crippen MR) is 116 cm³/mol. The molecular weight excluding hydrogens is 358 g/mol. The topological polar surface area (TPSA) is 33.3 Å². The van der Waals surface area contributed by atoms with E-state index in [0.29, 0.717) is 5.76 Å². The lowest BCUT2D eigenvalue weighted by atomic mass is 9.89. The van der Waals surface area contributed by atoms with Crippen LogP contribution in [0.1, 0.15) is 52.9 Å². The average Bonchev–Trinajstić information content (AvgIpc) is 2.76. The number of hydrogen-bond acceptors (Lipinski definition) is 3. The van der Waals surface area contributed by atoms with Crippen LogP contribution in [0.5, 0.6) is 0 Å². The average molecular weight is 397 g/mol. The summed E-state index contributed by atoms with van der Waals surface area (Å²) in [6, 6.07) is 0. The molecular formula is C23H38F2N2O. The first-order chi connectivity index (χ1) is 13.6. The molecule has 0 aromatic rings. The zero-order valence-corrected chi connectivity index (χ0v) is 17.9. The minimum absolute atomic E-state index is 0.233.